The van der Waals surface area contributed by atoms with Gasteiger partial charge in [-0.25, -0.2) is 9.48 Å². The smallest absolute Gasteiger partial charge is 0.416 e. The molecule has 0 spiro atoms. The predicted molar refractivity (Wildman–Crippen MR) is 106 cm³/mol. The van der Waals surface area contributed by atoms with Crippen LogP contribution in [0.3, 0.4) is 0 Å². The van der Waals surface area contributed by atoms with Gasteiger partial charge in [-0.15, -0.1) is 0 Å². The third kappa shape index (κ3) is 3.57. The standard InChI is InChI=1S/C23H15F3N2O2/c24-23(25,26)17-13-11-15(12-14-17)20-19(22(29)30)21(16-7-3-1-4-8-16)28(27-20)18-9-5-2-6-10-18/h1-14H,(H,29,30). The molecule has 0 unspecified atom stereocenters. The highest BCUT2D eigenvalue weighted by Gasteiger charge is 2.31. The van der Waals surface area contributed by atoms with Crippen LogP contribution in [-0.4, -0.2) is 20.9 Å². The number of halogens is 3. The van der Waals surface area contributed by atoms with Crippen molar-refractivity contribution in [3.05, 3.63) is 96.1 Å². The lowest BCUT2D eigenvalue weighted by atomic mass is 10.0. The van der Waals surface area contributed by atoms with Crippen LogP contribution >= 0.6 is 0 Å². The molecule has 0 aliphatic heterocycles. The Morgan fingerprint density at radius 1 is 0.800 bits per heavy atom. The molecule has 0 bridgehead atoms. The lowest BCUT2D eigenvalue weighted by Gasteiger charge is -2.08. The number of carboxylic acids is 1. The minimum absolute atomic E-state index is 0.0789. The van der Waals surface area contributed by atoms with E-state index in [1.54, 1.807) is 48.5 Å². The SMILES string of the molecule is O=C(O)c1c(-c2ccc(C(F)(F)F)cc2)nn(-c2ccccc2)c1-c1ccccc1. The van der Waals surface area contributed by atoms with Crippen molar-refractivity contribution < 1.29 is 23.1 Å². The van der Waals surface area contributed by atoms with Crippen LogP contribution in [0.5, 0.6) is 0 Å². The summed E-state index contributed by atoms with van der Waals surface area (Å²) in [6, 6.07) is 22.2. The van der Waals surface area contributed by atoms with E-state index in [4.69, 9.17) is 0 Å². The summed E-state index contributed by atoms with van der Waals surface area (Å²) in [5.74, 6) is -1.22. The Kier molecular flexibility index (Phi) is 4.87. The molecule has 3 aromatic carbocycles. The van der Waals surface area contributed by atoms with Crippen molar-refractivity contribution in [2.45, 2.75) is 6.18 Å². The summed E-state index contributed by atoms with van der Waals surface area (Å²) in [6.45, 7) is 0. The number of alkyl halides is 3. The second-order valence-electron chi connectivity index (χ2n) is 6.57. The molecule has 0 aliphatic carbocycles. The fourth-order valence-corrected chi connectivity index (χ4v) is 3.26. The Morgan fingerprint density at radius 2 is 1.37 bits per heavy atom. The summed E-state index contributed by atoms with van der Waals surface area (Å²) in [6.07, 6.45) is -4.48. The van der Waals surface area contributed by atoms with Crippen LogP contribution < -0.4 is 0 Å². The lowest BCUT2D eigenvalue weighted by molar-refractivity contribution is -0.137. The van der Waals surface area contributed by atoms with Crippen LogP contribution in [0.4, 0.5) is 13.2 Å². The average Bonchev–Trinajstić information content (AvgIpc) is 3.15. The molecular weight excluding hydrogens is 393 g/mol. The van der Waals surface area contributed by atoms with E-state index in [9.17, 15) is 23.1 Å². The van der Waals surface area contributed by atoms with Gasteiger partial charge in [-0.1, -0.05) is 60.7 Å². The topological polar surface area (TPSA) is 55.1 Å². The molecular formula is C23H15F3N2O2. The highest BCUT2D eigenvalue weighted by atomic mass is 19.4. The van der Waals surface area contributed by atoms with E-state index in [1.165, 1.54) is 16.8 Å². The summed E-state index contributed by atoms with van der Waals surface area (Å²) >= 11 is 0. The maximum Gasteiger partial charge on any atom is 0.416 e. The Balaban J connectivity index is 1.98. The maximum atomic E-state index is 12.9. The van der Waals surface area contributed by atoms with Gasteiger partial charge in [0.2, 0.25) is 0 Å². The van der Waals surface area contributed by atoms with Crippen molar-refractivity contribution in [2.24, 2.45) is 0 Å². The minimum atomic E-state index is -4.48. The van der Waals surface area contributed by atoms with Gasteiger partial charge in [-0.2, -0.15) is 18.3 Å². The highest BCUT2D eigenvalue weighted by molar-refractivity contribution is 6.01. The predicted octanol–water partition coefficient (Wildman–Crippen LogP) is 5.92. The summed E-state index contributed by atoms with van der Waals surface area (Å²) in [5, 5.41) is 14.5. The van der Waals surface area contributed by atoms with Gasteiger partial charge in [0, 0.05) is 11.1 Å². The number of carbonyl (C=O) groups is 1. The summed E-state index contributed by atoms with van der Waals surface area (Å²) in [4.78, 5) is 12.2. The number of aromatic nitrogens is 2. The zero-order valence-corrected chi connectivity index (χ0v) is 15.5. The molecule has 150 valence electrons. The molecule has 4 rings (SSSR count). The van der Waals surface area contributed by atoms with Crippen LogP contribution in [0.2, 0.25) is 0 Å². The fourth-order valence-electron chi connectivity index (χ4n) is 3.26. The number of rotatable bonds is 4. The van der Waals surface area contributed by atoms with Crippen LogP contribution in [0.1, 0.15) is 15.9 Å². The maximum absolute atomic E-state index is 12.9. The van der Waals surface area contributed by atoms with E-state index >= 15 is 0 Å². The molecule has 1 aromatic heterocycles. The molecule has 4 aromatic rings. The normalized spacial score (nSPS) is 11.4. The van der Waals surface area contributed by atoms with Crippen molar-refractivity contribution in [1.82, 2.24) is 9.78 Å². The summed E-state index contributed by atoms with van der Waals surface area (Å²) < 4.78 is 40.3. The van der Waals surface area contributed by atoms with E-state index < -0.39 is 17.7 Å². The highest BCUT2D eigenvalue weighted by Crippen LogP contribution is 2.36. The summed E-state index contributed by atoms with van der Waals surface area (Å²) in [7, 11) is 0. The first-order valence-electron chi connectivity index (χ1n) is 9.01. The van der Waals surface area contributed by atoms with Gasteiger partial charge in [0.25, 0.3) is 0 Å². The number of aromatic carboxylic acids is 1. The van der Waals surface area contributed by atoms with Crippen molar-refractivity contribution in [3.8, 4) is 28.2 Å². The first-order chi connectivity index (χ1) is 14.4. The van der Waals surface area contributed by atoms with E-state index in [-0.39, 0.29) is 16.8 Å². The molecule has 7 heteroatoms. The molecule has 4 nitrogen and oxygen atoms in total. The van der Waals surface area contributed by atoms with Gasteiger partial charge in [0.1, 0.15) is 11.3 Å². The largest absolute Gasteiger partial charge is 0.478 e. The van der Waals surface area contributed by atoms with Gasteiger partial charge in [-0.3, -0.25) is 0 Å². The Hall–Kier alpha value is -3.87. The van der Waals surface area contributed by atoms with Crippen LogP contribution in [0.15, 0.2) is 84.9 Å². The molecule has 1 heterocycles. The number of benzene rings is 3. The van der Waals surface area contributed by atoms with E-state index in [1.807, 2.05) is 12.1 Å². The Morgan fingerprint density at radius 3 is 1.90 bits per heavy atom. The van der Waals surface area contributed by atoms with Gasteiger partial charge >= 0.3 is 12.1 Å². The molecule has 0 aliphatic rings. The monoisotopic (exact) mass is 408 g/mol. The second kappa shape index (κ2) is 7.51. The first-order valence-corrected chi connectivity index (χ1v) is 9.01. The molecule has 30 heavy (non-hydrogen) atoms. The van der Waals surface area contributed by atoms with Crippen molar-refractivity contribution >= 4 is 5.97 Å². The van der Waals surface area contributed by atoms with Crippen molar-refractivity contribution in [1.29, 1.82) is 0 Å². The number of nitrogens with zero attached hydrogens (tertiary/aromatic N) is 2. The molecule has 0 amide bonds. The molecule has 0 saturated heterocycles. The number of hydrogen-bond acceptors (Lipinski definition) is 2. The second-order valence-corrected chi connectivity index (χ2v) is 6.57. The summed E-state index contributed by atoms with van der Waals surface area (Å²) in [5.41, 5.74) is 1.11. The van der Waals surface area contributed by atoms with E-state index in [0.29, 0.717) is 16.9 Å². The van der Waals surface area contributed by atoms with Gasteiger partial charge in [-0.05, 0) is 24.3 Å². The lowest BCUT2D eigenvalue weighted by Crippen LogP contribution is -2.04. The minimum Gasteiger partial charge on any atom is -0.478 e. The number of hydrogen-bond donors (Lipinski definition) is 1. The van der Waals surface area contributed by atoms with E-state index in [0.717, 1.165) is 12.1 Å². The van der Waals surface area contributed by atoms with Gasteiger partial charge in [0.05, 0.1) is 16.9 Å². The first kappa shape index (κ1) is 19.4. The van der Waals surface area contributed by atoms with Crippen LogP contribution in [0.25, 0.3) is 28.2 Å². The van der Waals surface area contributed by atoms with Crippen LogP contribution in [0, 0.1) is 0 Å². The number of carboxylic acid groups (broad SMARTS) is 1. The molecule has 0 fully saturated rings. The zero-order chi connectivity index (χ0) is 21.3. The number of para-hydroxylation sites is 1. The van der Waals surface area contributed by atoms with Crippen molar-refractivity contribution in [2.75, 3.05) is 0 Å². The van der Waals surface area contributed by atoms with Gasteiger partial charge < -0.3 is 5.11 Å². The van der Waals surface area contributed by atoms with E-state index in [2.05, 4.69) is 5.10 Å². The fraction of sp³-hybridized carbons (Fsp3) is 0.0435. The third-order valence-corrected chi connectivity index (χ3v) is 4.63. The van der Waals surface area contributed by atoms with Crippen LogP contribution in [-0.2, 0) is 6.18 Å². The van der Waals surface area contributed by atoms with Crippen molar-refractivity contribution in [3.63, 3.8) is 0 Å². The van der Waals surface area contributed by atoms with Gasteiger partial charge in [0.15, 0.2) is 0 Å². The zero-order valence-electron chi connectivity index (χ0n) is 15.5. The molecule has 0 radical (unpaired) electrons. The quantitative estimate of drug-likeness (QED) is 0.456. The molecule has 1 N–H and O–H groups in total. The molecule has 0 atom stereocenters. The molecule has 0 saturated carbocycles. The third-order valence-electron chi connectivity index (χ3n) is 4.63. The Labute approximate surface area is 169 Å². The average molecular weight is 408 g/mol. The Bertz CT molecular complexity index is 1180.